The number of hydrazine groups is 1. The summed E-state index contributed by atoms with van der Waals surface area (Å²) in [5.74, 6) is 2.45. The molecule has 3 heterocycles. The number of hydrogen-bond donors (Lipinski definition) is 2. The number of amides is 1. The zero-order chi connectivity index (χ0) is 21.3. The van der Waals surface area contributed by atoms with Crippen LogP contribution < -0.4 is 16.6 Å². The summed E-state index contributed by atoms with van der Waals surface area (Å²) in [7, 11) is 0. The molecule has 0 saturated carbocycles. The van der Waals surface area contributed by atoms with Crippen molar-refractivity contribution >= 4 is 11.9 Å². The van der Waals surface area contributed by atoms with E-state index < -0.39 is 35.0 Å². The second-order valence-corrected chi connectivity index (χ2v) is 6.04. The molecule has 2 aromatic heterocycles. The van der Waals surface area contributed by atoms with Crippen molar-refractivity contribution in [2.45, 2.75) is 12.6 Å². The number of hydrogen-bond acceptors (Lipinski definition) is 7. The SMILES string of the molecule is NC1=C(N(N)c2ncc(F)cn2)CCN(C(=O)c2ccnc(C(F)(F)F)c2F)C1. The first kappa shape index (κ1) is 20.4. The van der Waals surface area contributed by atoms with Crippen LogP contribution in [0.1, 0.15) is 22.5 Å². The van der Waals surface area contributed by atoms with Gasteiger partial charge < -0.3 is 10.6 Å². The predicted molar refractivity (Wildman–Crippen MR) is 89.6 cm³/mol. The maximum atomic E-state index is 14.2. The summed E-state index contributed by atoms with van der Waals surface area (Å²) in [4.78, 5) is 24.0. The lowest BCUT2D eigenvalue weighted by atomic mass is 10.1. The molecule has 0 atom stereocenters. The number of rotatable bonds is 3. The third-order valence-electron chi connectivity index (χ3n) is 4.14. The van der Waals surface area contributed by atoms with Gasteiger partial charge in [0.1, 0.15) is 0 Å². The van der Waals surface area contributed by atoms with Crippen LogP contribution in [0.4, 0.5) is 27.9 Å². The van der Waals surface area contributed by atoms with Gasteiger partial charge in [0, 0.05) is 24.9 Å². The fourth-order valence-corrected chi connectivity index (χ4v) is 2.75. The van der Waals surface area contributed by atoms with Crippen LogP contribution in [-0.2, 0) is 6.18 Å². The molecule has 0 radical (unpaired) electrons. The molecule has 0 fully saturated rings. The van der Waals surface area contributed by atoms with E-state index in [-0.39, 0.29) is 31.2 Å². The summed E-state index contributed by atoms with van der Waals surface area (Å²) in [5, 5.41) is 1.02. The highest BCUT2D eigenvalue weighted by molar-refractivity contribution is 5.95. The lowest BCUT2D eigenvalue weighted by Gasteiger charge is -2.32. The van der Waals surface area contributed by atoms with Crippen LogP contribution >= 0.6 is 0 Å². The van der Waals surface area contributed by atoms with Gasteiger partial charge in [-0.15, -0.1) is 0 Å². The fourth-order valence-electron chi connectivity index (χ4n) is 2.75. The molecule has 154 valence electrons. The van der Waals surface area contributed by atoms with Crippen molar-refractivity contribution in [2.24, 2.45) is 11.6 Å². The third kappa shape index (κ3) is 4.08. The van der Waals surface area contributed by atoms with Crippen molar-refractivity contribution in [3.8, 4) is 0 Å². The van der Waals surface area contributed by atoms with Crippen molar-refractivity contribution in [3.63, 3.8) is 0 Å². The van der Waals surface area contributed by atoms with Crippen molar-refractivity contribution in [3.05, 3.63) is 58.9 Å². The second-order valence-electron chi connectivity index (χ2n) is 6.04. The van der Waals surface area contributed by atoms with E-state index in [0.717, 1.165) is 28.4 Å². The Labute approximate surface area is 160 Å². The van der Waals surface area contributed by atoms with Gasteiger partial charge in [0.2, 0.25) is 5.95 Å². The monoisotopic (exact) mass is 415 g/mol. The summed E-state index contributed by atoms with van der Waals surface area (Å²) < 4.78 is 65.6. The first-order chi connectivity index (χ1) is 13.6. The van der Waals surface area contributed by atoms with E-state index in [4.69, 9.17) is 11.6 Å². The van der Waals surface area contributed by atoms with Crippen LogP contribution in [-0.4, -0.2) is 38.8 Å². The van der Waals surface area contributed by atoms with E-state index >= 15 is 0 Å². The second kappa shape index (κ2) is 7.58. The molecular formula is C16H14F5N7O. The van der Waals surface area contributed by atoms with Gasteiger partial charge in [0.15, 0.2) is 17.3 Å². The Morgan fingerprint density at radius 2 is 1.83 bits per heavy atom. The highest BCUT2D eigenvalue weighted by Crippen LogP contribution is 2.31. The van der Waals surface area contributed by atoms with Crippen LogP contribution in [0.3, 0.4) is 0 Å². The van der Waals surface area contributed by atoms with Crippen LogP contribution in [0.2, 0.25) is 0 Å². The number of nitrogens with two attached hydrogens (primary N) is 2. The number of carbonyl (C=O) groups excluding carboxylic acids is 1. The molecule has 29 heavy (non-hydrogen) atoms. The zero-order valence-corrected chi connectivity index (χ0v) is 14.6. The minimum Gasteiger partial charge on any atom is -0.399 e. The van der Waals surface area contributed by atoms with Crippen LogP contribution in [0.5, 0.6) is 0 Å². The van der Waals surface area contributed by atoms with Crippen LogP contribution in [0.25, 0.3) is 0 Å². The number of aromatic nitrogens is 3. The number of nitrogens with zero attached hydrogens (tertiary/aromatic N) is 5. The Morgan fingerprint density at radius 3 is 2.41 bits per heavy atom. The first-order valence-corrected chi connectivity index (χ1v) is 8.10. The summed E-state index contributed by atoms with van der Waals surface area (Å²) in [6, 6.07) is 0.865. The minimum absolute atomic E-state index is 0.00707. The summed E-state index contributed by atoms with van der Waals surface area (Å²) in [6.07, 6.45) is -2.43. The highest BCUT2D eigenvalue weighted by Gasteiger charge is 2.38. The molecule has 0 spiro atoms. The zero-order valence-electron chi connectivity index (χ0n) is 14.6. The maximum absolute atomic E-state index is 14.2. The number of anilines is 1. The standard InChI is InChI=1S/C16H14F5N7O/c17-8-5-25-15(26-6-8)28(23)11-2-4-27(7-10(11)22)14(29)9-1-3-24-13(12(9)18)16(19,20)21/h1,3,5-6H,2,4,7,22-23H2. The molecule has 0 bridgehead atoms. The average molecular weight is 415 g/mol. The van der Waals surface area contributed by atoms with E-state index in [0.29, 0.717) is 11.9 Å². The van der Waals surface area contributed by atoms with E-state index in [2.05, 4.69) is 15.0 Å². The van der Waals surface area contributed by atoms with E-state index in [1.807, 2.05) is 0 Å². The van der Waals surface area contributed by atoms with Gasteiger partial charge in [-0.3, -0.25) is 4.79 Å². The van der Waals surface area contributed by atoms with Gasteiger partial charge in [0.05, 0.1) is 30.2 Å². The van der Waals surface area contributed by atoms with E-state index in [1.165, 1.54) is 0 Å². The van der Waals surface area contributed by atoms with Gasteiger partial charge in [-0.1, -0.05) is 0 Å². The fraction of sp³-hybridized carbons (Fsp3) is 0.250. The minimum atomic E-state index is -5.04. The molecular weight excluding hydrogens is 401 g/mol. The van der Waals surface area contributed by atoms with Gasteiger partial charge in [0.25, 0.3) is 5.91 Å². The molecule has 0 unspecified atom stereocenters. The van der Waals surface area contributed by atoms with Crippen LogP contribution in [0, 0.1) is 11.6 Å². The number of alkyl halides is 3. The van der Waals surface area contributed by atoms with Crippen LogP contribution in [0.15, 0.2) is 36.1 Å². The van der Waals surface area contributed by atoms with E-state index in [9.17, 15) is 26.7 Å². The molecule has 0 aromatic carbocycles. The molecule has 1 amide bonds. The summed E-state index contributed by atoms with van der Waals surface area (Å²) >= 11 is 0. The molecule has 0 saturated heterocycles. The number of pyridine rings is 1. The average Bonchev–Trinajstić information content (AvgIpc) is 2.66. The molecule has 1 aliphatic rings. The Morgan fingerprint density at radius 1 is 1.17 bits per heavy atom. The maximum Gasteiger partial charge on any atom is 0.436 e. The Bertz CT molecular complexity index is 961. The van der Waals surface area contributed by atoms with Crippen molar-refractivity contribution in [2.75, 3.05) is 18.1 Å². The molecule has 13 heteroatoms. The quantitative estimate of drug-likeness (QED) is 0.444. The number of carbonyl (C=O) groups is 1. The van der Waals surface area contributed by atoms with Gasteiger partial charge >= 0.3 is 6.18 Å². The molecule has 2 aromatic rings. The molecule has 4 N–H and O–H groups in total. The van der Waals surface area contributed by atoms with Crippen molar-refractivity contribution in [1.29, 1.82) is 0 Å². The highest BCUT2D eigenvalue weighted by atomic mass is 19.4. The van der Waals surface area contributed by atoms with Gasteiger partial charge in [-0.05, 0) is 6.07 Å². The van der Waals surface area contributed by atoms with Gasteiger partial charge in [-0.2, -0.15) is 13.2 Å². The normalized spacial score (nSPS) is 14.9. The van der Waals surface area contributed by atoms with Gasteiger partial charge in [-0.25, -0.2) is 34.6 Å². The van der Waals surface area contributed by atoms with Crippen molar-refractivity contribution in [1.82, 2.24) is 19.9 Å². The molecule has 1 aliphatic heterocycles. The molecule has 3 rings (SSSR count). The third-order valence-corrected chi connectivity index (χ3v) is 4.14. The Hall–Kier alpha value is -3.35. The number of halogens is 5. The Balaban J connectivity index is 1.82. The van der Waals surface area contributed by atoms with Crippen molar-refractivity contribution < 1.29 is 26.7 Å². The topological polar surface area (TPSA) is 114 Å². The largest absolute Gasteiger partial charge is 0.436 e. The lowest BCUT2D eigenvalue weighted by molar-refractivity contribution is -0.143. The summed E-state index contributed by atoms with van der Waals surface area (Å²) in [6.45, 7) is -0.223. The Kier molecular flexibility index (Phi) is 5.33. The summed E-state index contributed by atoms with van der Waals surface area (Å²) in [5.41, 5.74) is 3.84. The first-order valence-electron chi connectivity index (χ1n) is 8.10. The smallest absolute Gasteiger partial charge is 0.399 e. The predicted octanol–water partition coefficient (Wildman–Crippen LogP) is 1.57. The molecule has 0 aliphatic carbocycles. The van der Waals surface area contributed by atoms with E-state index in [1.54, 1.807) is 0 Å². The lowest BCUT2D eigenvalue weighted by Crippen LogP contribution is -2.44. The molecule has 8 nitrogen and oxygen atoms in total.